The summed E-state index contributed by atoms with van der Waals surface area (Å²) in [5.74, 6) is 0.574. The molecule has 1 aromatic rings. The number of ether oxygens (including phenoxy) is 1. The molecule has 1 unspecified atom stereocenters. The lowest BCUT2D eigenvalue weighted by Gasteiger charge is -2.25. The van der Waals surface area contributed by atoms with Crippen LogP contribution in [0, 0.1) is 0 Å². The quantitative estimate of drug-likeness (QED) is 0.646. The van der Waals surface area contributed by atoms with Gasteiger partial charge in [0.25, 0.3) is 0 Å². The molecule has 0 bridgehead atoms. The van der Waals surface area contributed by atoms with Crippen LogP contribution in [0.15, 0.2) is 27.1 Å². The summed E-state index contributed by atoms with van der Waals surface area (Å²) in [5.41, 5.74) is -0.277. The first-order chi connectivity index (χ1) is 9.46. The molecule has 1 rings (SSSR count). The van der Waals surface area contributed by atoms with Gasteiger partial charge in [0, 0.05) is 10.0 Å². The molecule has 1 atom stereocenters. The van der Waals surface area contributed by atoms with Crippen LogP contribution in [0.4, 0.5) is 0 Å². The fraction of sp³-hybridized carbons (Fsp3) is 0.533. The van der Waals surface area contributed by atoms with Crippen molar-refractivity contribution in [2.45, 2.75) is 45.0 Å². The Balaban J connectivity index is 3.48. The first-order valence-corrected chi connectivity index (χ1v) is 8.44. The predicted molar refractivity (Wildman–Crippen MR) is 91.4 cm³/mol. The van der Waals surface area contributed by atoms with Crippen molar-refractivity contribution in [2.75, 3.05) is 7.11 Å². The van der Waals surface area contributed by atoms with Crippen LogP contribution in [0.25, 0.3) is 0 Å². The highest BCUT2D eigenvalue weighted by molar-refractivity contribution is 9.10. The summed E-state index contributed by atoms with van der Waals surface area (Å²) in [5, 5.41) is 10.4. The Hall–Kier alpha value is -0.560. The number of aliphatic hydroxyl groups is 1. The third-order valence-corrected chi connectivity index (χ3v) is 4.58. The largest absolute Gasteiger partial charge is 0.591 e. The second-order valence-electron chi connectivity index (χ2n) is 6.21. The van der Waals surface area contributed by atoms with Gasteiger partial charge in [-0.3, -0.25) is 0 Å². The Morgan fingerprint density at radius 2 is 1.86 bits per heavy atom. The highest BCUT2D eigenvalue weighted by Gasteiger charge is 2.33. The normalized spacial score (nSPS) is 15.0. The van der Waals surface area contributed by atoms with E-state index in [4.69, 9.17) is 4.74 Å². The van der Waals surface area contributed by atoms with E-state index in [1.165, 1.54) is 0 Å². The van der Waals surface area contributed by atoms with Gasteiger partial charge < -0.3 is 14.4 Å². The summed E-state index contributed by atoms with van der Waals surface area (Å²) in [7, 11) is 1.55. The van der Waals surface area contributed by atoms with Crippen LogP contribution in [0.2, 0.25) is 0 Å². The molecular formula is C15H22BrNO3S. The molecule has 21 heavy (non-hydrogen) atoms. The van der Waals surface area contributed by atoms with E-state index in [0.29, 0.717) is 17.0 Å². The summed E-state index contributed by atoms with van der Waals surface area (Å²) in [6, 6.07) is 5.42. The van der Waals surface area contributed by atoms with Crippen LogP contribution in [-0.2, 0) is 11.4 Å². The van der Waals surface area contributed by atoms with Gasteiger partial charge in [-0.1, -0.05) is 20.3 Å². The van der Waals surface area contributed by atoms with E-state index in [-0.39, 0.29) is 0 Å². The van der Waals surface area contributed by atoms with Crippen molar-refractivity contribution in [1.82, 2.24) is 0 Å². The third-order valence-electron chi connectivity index (χ3n) is 2.69. The van der Waals surface area contributed by atoms with E-state index in [1.807, 2.05) is 26.8 Å². The van der Waals surface area contributed by atoms with Gasteiger partial charge in [0.1, 0.15) is 33.2 Å². The molecule has 0 aliphatic carbocycles. The Labute approximate surface area is 138 Å². The second kappa shape index (κ2) is 6.69. The van der Waals surface area contributed by atoms with Crippen LogP contribution < -0.4 is 4.74 Å². The van der Waals surface area contributed by atoms with Gasteiger partial charge in [-0.15, -0.1) is 0 Å². The van der Waals surface area contributed by atoms with Crippen molar-refractivity contribution in [1.29, 1.82) is 0 Å². The molecule has 0 aromatic heterocycles. The molecule has 0 heterocycles. The smallest absolute Gasteiger partial charge is 0.144 e. The lowest BCUT2D eigenvalue weighted by Crippen LogP contribution is -2.36. The minimum absolute atomic E-state index is 0.342. The fourth-order valence-corrected chi connectivity index (χ4v) is 2.70. The first kappa shape index (κ1) is 18.5. The Kier molecular flexibility index (Phi) is 5.89. The maximum atomic E-state index is 12.3. The predicted octanol–water partition coefficient (Wildman–Crippen LogP) is 3.48. The zero-order valence-corrected chi connectivity index (χ0v) is 15.6. The monoisotopic (exact) mass is 375 g/mol. The van der Waals surface area contributed by atoms with Crippen molar-refractivity contribution in [2.24, 2.45) is 4.40 Å². The average Bonchev–Trinajstić information content (AvgIpc) is 2.32. The van der Waals surface area contributed by atoms with Crippen molar-refractivity contribution in [3.05, 3.63) is 28.2 Å². The van der Waals surface area contributed by atoms with E-state index in [0.717, 1.165) is 4.47 Å². The van der Waals surface area contributed by atoms with Gasteiger partial charge in [0.15, 0.2) is 0 Å². The number of rotatable bonds is 4. The zero-order chi connectivity index (χ0) is 16.4. The van der Waals surface area contributed by atoms with E-state index in [2.05, 4.69) is 20.3 Å². The lowest BCUT2D eigenvalue weighted by atomic mass is 9.95. The topological polar surface area (TPSA) is 64.9 Å². The standard InChI is InChI=1S/C15H22BrNO3S/c1-14(2,3)21(19)17-13(15(4,5)18)11-9-10(16)7-8-12(11)20-6/h7-9,18H,1-6H3. The summed E-state index contributed by atoms with van der Waals surface area (Å²) >= 11 is 1.92. The number of halogens is 1. The van der Waals surface area contributed by atoms with Crippen molar-refractivity contribution in [3.63, 3.8) is 0 Å². The van der Waals surface area contributed by atoms with Gasteiger partial charge >= 0.3 is 0 Å². The Morgan fingerprint density at radius 1 is 1.29 bits per heavy atom. The molecule has 0 aliphatic heterocycles. The molecule has 0 fully saturated rings. The van der Waals surface area contributed by atoms with Crippen molar-refractivity contribution < 1.29 is 14.4 Å². The van der Waals surface area contributed by atoms with Crippen LogP contribution in [0.1, 0.15) is 40.2 Å². The number of hydrogen-bond acceptors (Lipinski definition) is 4. The highest BCUT2D eigenvalue weighted by Crippen LogP contribution is 2.29. The van der Waals surface area contributed by atoms with Gasteiger partial charge in [-0.25, -0.2) is 0 Å². The second-order valence-corrected chi connectivity index (χ2v) is 9.03. The van der Waals surface area contributed by atoms with Gasteiger partial charge in [-0.05, 0) is 52.8 Å². The van der Waals surface area contributed by atoms with Crippen LogP contribution in [-0.4, -0.2) is 32.8 Å². The van der Waals surface area contributed by atoms with Crippen LogP contribution >= 0.6 is 15.9 Å². The Bertz CT molecular complexity index is 533. The molecule has 1 N–H and O–H groups in total. The van der Waals surface area contributed by atoms with Crippen molar-refractivity contribution >= 4 is 33.0 Å². The Morgan fingerprint density at radius 3 is 2.29 bits per heavy atom. The van der Waals surface area contributed by atoms with Crippen LogP contribution in [0.3, 0.4) is 0 Å². The zero-order valence-electron chi connectivity index (χ0n) is 13.2. The van der Waals surface area contributed by atoms with E-state index < -0.39 is 21.7 Å². The molecule has 1 aromatic carbocycles. The van der Waals surface area contributed by atoms with Crippen molar-refractivity contribution in [3.8, 4) is 5.75 Å². The molecule has 0 saturated heterocycles. The van der Waals surface area contributed by atoms with E-state index in [9.17, 15) is 9.66 Å². The molecular weight excluding hydrogens is 354 g/mol. The first-order valence-electron chi connectivity index (χ1n) is 6.54. The number of benzene rings is 1. The van der Waals surface area contributed by atoms with E-state index >= 15 is 0 Å². The molecule has 0 spiro atoms. The molecule has 4 nitrogen and oxygen atoms in total. The van der Waals surface area contributed by atoms with Crippen LogP contribution in [0.5, 0.6) is 5.75 Å². The highest BCUT2D eigenvalue weighted by atomic mass is 79.9. The van der Waals surface area contributed by atoms with Gasteiger partial charge in [0.05, 0.1) is 7.11 Å². The maximum absolute atomic E-state index is 12.3. The summed E-state index contributed by atoms with van der Waals surface area (Å²) in [6.45, 7) is 8.75. The molecule has 0 saturated carbocycles. The third kappa shape index (κ3) is 4.98. The fourth-order valence-electron chi connectivity index (χ4n) is 1.58. The maximum Gasteiger partial charge on any atom is 0.144 e. The summed E-state index contributed by atoms with van der Waals surface area (Å²) < 4.78 is 22.3. The molecule has 0 aliphatic rings. The number of hydrogen-bond donors (Lipinski definition) is 1. The van der Waals surface area contributed by atoms with Gasteiger partial charge in [-0.2, -0.15) is 0 Å². The van der Waals surface area contributed by atoms with Gasteiger partial charge in [0.2, 0.25) is 0 Å². The molecule has 6 heteroatoms. The SMILES string of the molecule is COc1ccc(Br)cc1C(=N[S+]([O-])C(C)(C)C)C(C)(C)O. The minimum Gasteiger partial charge on any atom is -0.591 e. The summed E-state index contributed by atoms with van der Waals surface area (Å²) in [4.78, 5) is 0. The minimum atomic E-state index is -1.47. The number of nitrogens with zero attached hydrogens (tertiary/aromatic N) is 1. The lowest BCUT2D eigenvalue weighted by molar-refractivity contribution is 0.154. The molecule has 0 amide bonds. The summed E-state index contributed by atoms with van der Waals surface area (Å²) in [6.07, 6.45) is 0. The van der Waals surface area contributed by atoms with E-state index in [1.54, 1.807) is 33.1 Å². The number of methoxy groups -OCH3 is 1. The molecule has 0 radical (unpaired) electrons. The molecule has 118 valence electrons. The average molecular weight is 376 g/mol.